The Morgan fingerprint density at radius 3 is 2.59 bits per heavy atom. The molecule has 2 aliphatic rings. The van der Waals surface area contributed by atoms with Crippen LogP contribution in [-0.2, 0) is 9.53 Å². The Bertz CT molecular complexity index is 796. The minimum absolute atomic E-state index is 0.0403. The summed E-state index contributed by atoms with van der Waals surface area (Å²) < 4.78 is 20.4. The van der Waals surface area contributed by atoms with Crippen LogP contribution >= 0.6 is 0 Å². The standard InChI is InChI=1S/C23H36FN5O3/c1-16-14-29(15-17(2)32-16)20-9-8-18(13-19(20)24)26-23(31)25-10-6-12-28-11-5-7-21(28)22(30)27(3)4/h8-9,13,16-17,21H,5-7,10-12,14-15H2,1-4H3,(H2,25,26,31)/t16-,17-,21-/m1/s1. The molecule has 0 aromatic heterocycles. The summed E-state index contributed by atoms with van der Waals surface area (Å²) in [5.74, 6) is -0.227. The zero-order valence-corrected chi connectivity index (χ0v) is 19.6. The van der Waals surface area contributed by atoms with Crippen LogP contribution < -0.4 is 15.5 Å². The summed E-state index contributed by atoms with van der Waals surface area (Å²) in [6, 6.07) is 4.34. The van der Waals surface area contributed by atoms with Gasteiger partial charge in [0.2, 0.25) is 5.91 Å². The van der Waals surface area contributed by atoms with Gasteiger partial charge in [0.05, 0.1) is 23.9 Å². The van der Waals surface area contributed by atoms with Gasteiger partial charge in [0.25, 0.3) is 0 Å². The van der Waals surface area contributed by atoms with E-state index >= 15 is 0 Å². The largest absolute Gasteiger partial charge is 0.372 e. The second-order valence-corrected chi connectivity index (χ2v) is 8.99. The molecule has 1 aromatic carbocycles. The molecule has 2 heterocycles. The zero-order valence-electron chi connectivity index (χ0n) is 19.6. The number of nitrogens with zero attached hydrogens (tertiary/aromatic N) is 3. The first-order valence-corrected chi connectivity index (χ1v) is 11.4. The average Bonchev–Trinajstić information content (AvgIpc) is 3.18. The molecule has 2 N–H and O–H groups in total. The van der Waals surface area contributed by atoms with Gasteiger partial charge in [0.15, 0.2) is 0 Å². The first-order chi connectivity index (χ1) is 15.2. The third kappa shape index (κ3) is 6.32. The maximum Gasteiger partial charge on any atom is 0.319 e. The van der Waals surface area contributed by atoms with Crippen molar-refractivity contribution in [3.8, 4) is 0 Å². The number of carbonyl (C=O) groups excluding carboxylic acids is 2. The summed E-state index contributed by atoms with van der Waals surface area (Å²) in [5, 5.41) is 5.50. The Morgan fingerprint density at radius 2 is 1.94 bits per heavy atom. The Hall–Kier alpha value is -2.39. The van der Waals surface area contributed by atoms with Gasteiger partial charge in [-0.1, -0.05) is 0 Å². The number of anilines is 2. The van der Waals surface area contributed by atoms with Crippen LogP contribution in [0.4, 0.5) is 20.6 Å². The fourth-order valence-electron chi connectivity index (χ4n) is 4.55. The van der Waals surface area contributed by atoms with E-state index in [9.17, 15) is 14.0 Å². The summed E-state index contributed by atoms with van der Waals surface area (Å²) in [6.45, 7) is 7.36. The number of urea groups is 1. The van der Waals surface area contributed by atoms with Crippen molar-refractivity contribution in [1.82, 2.24) is 15.1 Å². The summed E-state index contributed by atoms with van der Waals surface area (Å²) in [4.78, 5) is 30.3. The Morgan fingerprint density at radius 1 is 1.22 bits per heavy atom. The number of ether oxygens (including phenoxy) is 1. The molecule has 178 valence electrons. The van der Waals surface area contributed by atoms with Crippen LogP contribution in [0.5, 0.6) is 0 Å². The number of halogens is 1. The van der Waals surface area contributed by atoms with Gasteiger partial charge in [0.1, 0.15) is 5.82 Å². The van der Waals surface area contributed by atoms with Gasteiger partial charge in [-0.05, 0) is 57.9 Å². The fourth-order valence-corrected chi connectivity index (χ4v) is 4.55. The monoisotopic (exact) mass is 449 g/mol. The third-order valence-corrected chi connectivity index (χ3v) is 5.96. The Labute approximate surface area is 190 Å². The van der Waals surface area contributed by atoms with Crippen LogP contribution in [-0.4, -0.2) is 86.8 Å². The predicted molar refractivity (Wildman–Crippen MR) is 124 cm³/mol. The molecule has 2 saturated heterocycles. The number of benzene rings is 1. The minimum atomic E-state index is -0.367. The molecule has 0 radical (unpaired) electrons. The van der Waals surface area contributed by atoms with Crippen molar-refractivity contribution in [3.63, 3.8) is 0 Å². The molecule has 0 saturated carbocycles. The van der Waals surface area contributed by atoms with E-state index in [0.717, 1.165) is 32.4 Å². The van der Waals surface area contributed by atoms with E-state index in [4.69, 9.17) is 4.74 Å². The van der Waals surface area contributed by atoms with Crippen molar-refractivity contribution in [2.24, 2.45) is 0 Å². The van der Waals surface area contributed by atoms with Crippen molar-refractivity contribution in [2.75, 3.05) is 57.0 Å². The Balaban J connectivity index is 1.43. The van der Waals surface area contributed by atoms with Crippen molar-refractivity contribution < 1.29 is 18.7 Å². The van der Waals surface area contributed by atoms with Crippen LogP contribution in [0.1, 0.15) is 33.1 Å². The Kier molecular flexibility index (Phi) is 8.31. The summed E-state index contributed by atoms with van der Waals surface area (Å²) >= 11 is 0. The SMILES string of the molecule is C[C@@H]1CN(c2ccc(NC(=O)NCCCN3CCC[C@@H]3C(=O)N(C)C)cc2F)C[C@@H](C)O1. The highest BCUT2D eigenvalue weighted by molar-refractivity contribution is 5.89. The molecule has 0 spiro atoms. The molecule has 3 atom stereocenters. The van der Waals surface area contributed by atoms with Gasteiger partial charge in [0, 0.05) is 46.0 Å². The molecule has 0 bridgehead atoms. The van der Waals surface area contributed by atoms with Crippen LogP contribution in [0.2, 0.25) is 0 Å². The highest BCUT2D eigenvalue weighted by Crippen LogP contribution is 2.26. The van der Waals surface area contributed by atoms with E-state index in [-0.39, 0.29) is 36.0 Å². The van der Waals surface area contributed by atoms with Gasteiger partial charge in [-0.25, -0.2) is 9.18 Å². The maximum absolute atomic E-state index is 14.7. The van der Waals surface area contributed by atoms with E-state index in [1.54, 1.807) is 31.1 Å². The lowest BCUT2D eigenvalue weighted by Gasteiger charge is -2.37. The molecule has 2 fully saturated rings. The summed E-state index contributed by atoms with van der Waals surface area (Å²) in [7, 11) is 3.56. The van der Waals surface area contributed by atoms with Gasteiger partial charge in [-0.2, -0.15) is 0 Å². The molecular formula is C23H36FN5O3. The van der Waals surface area contributed by atoms with Crippen molar-refractivity contribution in [3.05, 3.63) is 24.0 Å². The number of nitrogens with one attached hydrogen (secondary N) is 2. The van der Waals surface area contributed by atoms with Crippen LogP contribution in [0.3, 0.4) is 0 Å². The van der Waals surface area contributed by atoms with Gasteiger partial charge in [-0.15, -0.1) is 0 Å². The smallest absolute Gasteiger partial charge is 0.319 e. The number of amides is 3. The fraction of sp³-hybridized carbons (Fsp3) is 0.652. The van der Waals surface area contributed by atoms with Crippen LogP contribution in [0.15, 0.2) is 18.2 Å². The molecular weight excluding hydrogens is 413 g/mol. The van der Waals surface area contributed by atoms with Crippen LogP contribution in [0.25, 0.3) is 0 Å². The average molecular weight is 450 g/mol. The molecule has 1 aromatic rings. The molecule has 32 heavy (non-hydrogen) atoms. The van der Waals surface area contributed by atoms with E-state index in [1.807, 2.05) is 18.7 Å². The van der Waals surface area contributed by atoms with E-state index in [0.29, 0.717) is 31.0 Å². The molecule has 3 rings (SSSR count). The third-order valence-electron chi connectivity index (χ3n) is 5.96. The molecule has 9 heteroatoms. The number of rotatable bonds is 7. The van der Waals surface area contributed by atoms with Crippen molar-refractivity contribution in [1.29, 1.82) is 0 Å². The van der Waals surface area contributed by atoms with Gasteiger partial charge in [-0.3, -0.25) is 9.69 Å². The van der Waals surface area contributed by atoms with Gasteiger partial charge >= 0.3 is 6.03 Å². The van der Waals surface area contributed by atoms with Crippen molar-refractivity contribution in [2.45, 2.75) is 51.4 Å². The van der Waals surface area contributed by atoms with Crippen molar-refractivity contribution >= 4 is 23.3 Å². The van der Waals surface area contributed by atoms with E-state index in [2.05, 4.69) is 15.5 Å². The van der Waals surface area contributed by atoms with Gasteiger partial charge < -0.3 is 25.2 Å². The maximum atomic E-state index is 14.7. The molecule has 2 aliphatic heterocycles. The lowest BCUT2D eigenvalue weighted by atomic mass is 10.2. The second-order valence-electron chi connectivity index (χ2n) is 8.99. The summed E-state index contributed by atoms with van der Waals surface area (Å²) in [6.07, 6.45) is 2.72. The molecule has 3 amide bonds. The first-order valence-electron chi connectivity index (χ1n) is 11.4. The molecule has 0 aliphatic carbocycles. The predicted octanol–water partition coefficient (Wildman–Crippen LogP) is 2.50. The number of likely N-dealkylation sites (tertiary alicyclic amines) is 1. The topological polar surface area (TPSA) is 77.2 Å². The number of carbonyl (C=O) groups is 2. The number of hydrogen-bond acceptors (Lipinski definition) is 5. The molecule has 0 unspecified atom stereocenters. The lowest BCUT2D eigenvalue weighted by molar-refractivity contribution is -0.133. The summed E-state index contributed by atoms with van der Waals surface area (Å²) in [5.41, 5.74) is 0.930. The first kappa shape index (κ1) is 24.3. The lowest BCUT2D eigenvalue weighted by Crippen LogP contribution is -2.45. The quantitative estimate of drug-likeness (QED) is 0.626. The second kappa shape index (κ2) is 11.0. The number of likely N-dealkylation sites (N-methyl/N-ethyl adjacent to an activating group) is 1. The highest BCUT2D eigenvalue weighted by atomic mass is 19.1. The minimum Gasteiger partial charge on any atom is -0.372 e. The number of morpholine rings is 1. The van der Waals surface area contributed by atoms with E-state index in [1.165, 1.54) is 6.07 Å². The van der Waals surface area contributed by atoms with Crippen LogP contribution in [0, 0.1) is 5.82 Å². The molecule has 8 nitrogen and oxygen atoms in total. The zero-order chi connectivity index (χ0) is 23.3. The normalized spacial score (nSPS) is 23.8. The van der Waals surface area contributed by atoms with E-state index < -0.39 is 0 Å². The number of hydrogen-bond donors (Lipinski definition) is 2. The highest BCUT2D eigenvalue weighted by Gasteiger charge is 2.31.